The highest BCUT2D eigenvalue weighted by Crippen LogP contribution is 2.40. The number of anilines is 2. The van der Waals surface area contributed by atoms with Crippen molar-refractivity contribution >= 4 is 11.5 Å². The van der Waals surface area contributed by atoms with E-state index < -0.39 is 0 Å². The van der Waals surface area contributed by atoms with E-state index in [-0.39, 0.29) is 6.04 Å². The van der Waals surface area contributed by atoms with Gasteiger partial charge in [-0.2, -0.15) is 4.98 Å². The number of rotatable bonds is 5. The Morgan fingerprint density at radius 1 is 1.41 bits per heavy atom. The van der Waals surface area contributed by atoms with Gasteiger partial charge in [0.15, 0.2) is 5.82 Å². The molecule has 3 N–H and O–H groups in total. The largest absolute Gasteiger partial charge is 0.476 e. The summed E-state index contributed by atoms with van der Waals surface area (Å²) in [4.78, 5) is 8.88. The number of ether oxygens (including phenoxy) is 1. The normalized spacial score (nSPS) is 15.1. The van der Waals surface area contributed by atoms with E-state index in [1.54, 1.807) is 0 Å². The van der Waals surface area contributed by atoms with Crippen molar-refractivity contribution in [2.75, 3.05) is 17.7 Å². The van der Waals surface area contributed by atoms with E-state index in [0.29, 0.717) is 29.9 Å². The van der Waals surface area contributed by atoms with Crippen molar-refractivity contribution in [1.82, 2.24) is 9.97 Å². The van der Waals surface area contributed by atoms with Gasteiger partial charge in [-0.25, -0.2) is 4.98 Å². The molecule has 0 bridgehead atoms. The predicted molar refractivity (Wildman–Crippen MR) is 68.3 cm³/mol. The van der Waals surface area contributed by atoms with Gasteiger partial charge in [0, 0.05) is 12.0 Å². The average molecular weight is 236 g/mol. The number of nitrogens with one attached hydrogen (secondary N) is 1. The second-order valence-corrected chi connectivity index (χ2v) is 4.66. The SMILES string of the molecule is CCOc1nc(C2CC2)nc(NC(C)C)c1N. The zero-order chi connectivity index (χ0) is 12.4. The third-order valence-corrected chi connectivity index (χ3v) is 2.58. The highest BCUT2D eigenvalue weighted by Gasteiger charge is 2.28. The Kier molecular flexibility index (Phi) is 3.36. The van der Waals surface area contributed by atoms with Crippen LogP contribution in [0.3, 0.4) is 0 Å². The van der Waals surface area contributed by atoms with Crippen LogP contribution in [0.25, 0.3) is 0 Å². The summed E-state index contributed by atoms with van der Waals surface area (Å²) < 4.78 is 5.46. The van der Waals surface area contributed by atoms with E-state index in [0.717, 1.165) is 18.7 Å². The summed E-state index contributed by atoms with van der Waals surface area (Å²) in [5, 5.41) is 3.24. The molecule has 0 unspecified atom stereocenters. The minimum atomic E-state index is 0.286. The number of nitrogen functional groups attached to an aromatic ring is 1. The van der Waals surface area contributed by atoms with E-state index in [4.69, 9.17) is 10.5 Å². The minimum Gasteiger partial charge on any atom is -0.476 e. The van der Waals surface area contributed by atoms with Crippen molar-refractivity contribution < 1.29 is 4.74 Å². The molecule has 1 aromatic heterocycles. The first-order valence-electron chi connectivity index (χ1n) is 6.18. The molecule has 0 aliphatic heterocycles. The summed E-state index contributed by atoms with van der Waals surface area (Å²) in [7, 11) is 0. The van der Waals surface area contributed by atoms with Crippen LogP contribution in [-0.2, 0) is 0 Å². The van der Waals surface area contributed by atoms with E-state index in [9.17, 15) is 0 Å². The molecule has 5 heteroatoms. The predicted octanol–water partition coefficient (Wildman–Crippen LogP) is 2.16. The van der Waals surface area contributed by atoms with Crippen LogP contribution in [0.2, 0.25) is 0 Å². The van der Waals surface area contributed by atoms with Crippen LogP contribution in [0.5, 0.6) is 5.88 Å². The second-order valence-electron chi connectivity index (χ2n) is 4.66. The van der Waals surface area contributed by atoms with Crippen LogP contribution in [-0.4, -0.2) is 22.6 Å². The number of aromatic nitrogens is 2. The molecule has 1 aliphatic carbocycles. The minimum absolute atomic E-state index is 0.286. The van der Waals surface area contributed by atoms with E-state index in [1.807, 2.05) is 6.92 Å². The first kappa shape index (κ1) is 12.0. The monoisotopic (exact) mass is 236 g/mol. The number of nitrogens with zero attached hydrogens (tertiary/aromatic N) is 2. The van der Waals surface area contributed by atoms with Gasteiger partial charge in [-0.3, -0.25) is 0 Å². The molecule has 0 radical (unpaired) electrons. The second kappa shape index (κ2) is 4.77. The van der Waals surface area contributed by atoms with Gasteiger partial charge in [-0.1, -0.05) is 0 Å². The molecule has 1 aromatic rings. The highest BCUT2D eigenvalue weighted by molar-refractivity contribution is 5.67. The zero-order valence-corrected chi connectivity index (χ0v) is 10.7. The van der Waals surface area contributed by atoms with Gasteiger partial charge in [-0.05, 0) is 33.6 Å². The Morgan fingerprint density at radius 3 is 2.65 bits per heavy atom. The first-order valence-corrected chi connectivity index (χ1v) is 6.18. The maximum Gasteiger partial charge on any atom is 0.242 e. The molecule has 0 aromatic carbocycles. The summed E-state index contributed by atoms with van der Waals surface area (Å²) >= 11 is 0. The van der Waals surface area contributed by atoms with Gasteiger partial charge in [0.2, 0.25) is 5.88 Å². The molecule has 1 heterocycles. The molecule has 1 saturated carbocycles. The quantitative estimate of drug-likeness (QED) is 0.819. The van der Waals surface area contributed by atoms with Gasteiger partial charge in [-0.15, -0.1) is 0 Å². The Hall–Kier alpha value is -1.52. The zero-order valence-electron chi connectivity index (χ0n) is 10.7. The lowest BCUT2D eigenvalue weighted by Gasteiger charge is -2.15. The van der Waals surface area contributed by atoms with Crippen molar-refractivity contribution in [3.05, 3.63) is 5.82 Å². The molecular formula is C12H20N4O. The van der Waals surface area contributed by atoms with Crippen molar-refractivity contribution in [2.24, 2.45) is 0 Å². The maximum atomic E-state index is 5.99. The lowest BCUT2D eigenvalue weighted by molar-refractivity contribution is 0.327. The summed E-state index contributed by atoms with van der Waals surface area (Å²) in [6.07, 6.45) is 2.33. The molecule has 0 spiro atoms. The fourth-order valence-corrected chi connectivity index (χ4v) is 1.62. The summed E-state index contributed by atoms with van der Waals surface area (Å²) in [6, 6.07) is 0.286. The van der Waals surface area contributed by atoms with Gasteiger partial charge >= 0.3 is 0 Å². The van der Waals surface area contributed by atoms with Crippen molar-refractivity contribution in [3.63, 3.8) is 0 Å². The summed E-state index contributed by atoms with van der Waals surface area (Å²) in [5.41, 5.74) is 6.50. The third-order valence-electron chi connectivity index (χ3n) is 2.58. The molecule has 1 fully saturated rings. The molecule has 0 amide bonds. The first-order chi connectivity index (χ1) is 8.11. The van der Waals surface area contributed by atoms with E-state index >= 15 is 0 Å². The number of nitrogens with two attached hydrogens (primary N) is 1. The van der Waals surface area contributed by atoms with Gasteiger partial charge < -0.3 is 15.8 Å². The Balaban J connectivity index is 2.33. The highest BCUT2D eigenvalue weighted by atomic mass is 16.5. The van der Waals surface area contributed by atoms with Crippen LogP contribution in [0.4, 0.5) is 11.5 Å². The van der Waals surface area contributed by atoms with Crippen LogP contribution in [0.1, 0.15) is 45.4 Å². The van der Waals surface area contributed by atoms with Gasteiger partial charge in [0.25, 0.3) is 0 Å². The third kappa shape index (κ3) is 2.78. The standard InChI is InChI=1S/C12H20N4O/c1-4-17-12-9(13)11(14-7(2)3)15-10(16-12)8-5-6-8/h7-8H,4-6,13H2,1-3H3,(H,14,15,16). The lowest BCUT2D eigenvalue weighted by atomic mass is 10.3. The van der Waals surface area contributed by atoms with Crippen molar-refractivity contribution in [3.8, 4) is 5.88 Å². The molecule has 5 nitrogen and oxygen atoms in total. The summed E-state index contributed by atoms with van der Waals surface area (Å²) in [6.45, 7) is 6.59. The molecule has 1 aliphatic rings. The van der Waals surface area contributed by atoms with E-state index in [2.05, 4.69) is 29.1 Å². The van der Waals surface area contributed by atoms with Gasteiger partial charge in [0.05, 0.1) is 6.61 Å². The molecule has 17 heavy (non-hydrogen) atoms. The summed E-state index contributed by atoms with van der Waals surface area (Å²) in [5.74, 6) is 2.54. The molecule has 94 valence electrons. The molecule has 0 atom stereocenters. The van der Waals surface area contributed by atoms with Crippen LogP contribution < -0.4 is 15.8 Å². The van der Waals surface area contributed by atoms with Crippen LogP contribution >= 0.6 is 0 Å². The van der Waals surface area contributed by atoms with Gasteiger partial charge in [0.1, 0.15) is 11.5 Å². The number of hydrogen-bond acceptors (Lipinski definition) is 5. The fraction of sp³-hybridized carbons (Fsp3) is 0.667. The lowest BCUT2D eigenvalue weighted by Crippen LogP contribution is -2.15. The van der Waals surface area contributed by atoms with E-state index in [1.165, 1.54) is 0 Å². The maximum absolute atomic E-state index is 5.99. The molecular weight excluding hydrogens is 216 g/mol. The average Bonchev–Trinajstić information content (AvgIpc) is 3.07. The van der Waals surface area contributed by atoms with Crippen molar-refractivity contribution in [2.45, 2.75) is 45.6 Å². The fourth-order valence-electron chi connectivity index (χ4n) is 1.62. The topological polar surface area (TPSA) is 73.1 Å². The van der Waals surface area contributed by atoms with Crippen LogP contribution in [0.15, 0.2) is 0 Å². The number of hydrogen-bond donors (Lipinski definition) is 2. The Bertz CT molecular complexity index is 402. The Labute approximate surface area is 102 Å². The Morgan fingerprint density at radius 2 is 2.12 bits per heavy atom. The van der Waals surface area contributed by atoms with Crippen molar-refractivity contribution in [1.29, 1.82) is 0 Å². The molecule has 2 rings (SSSR count). The van der Waals surface area contributed by atoms with Crippen LogP contribution in [0, 0.1) is 0 Å². The molecule has 0 saturated heterocycles. The smallest absolute Gasteiger partial charge is 0.242 e.